The highest BCUT2D eigenvalue weighted by atomic mass is 19.4. The summed E-state index contributed by atoms with van der Waals surface area (Å²) >= 11 is 0. The van der Waals surface area contributed by atoms with Crippen LogP contribution in [0, 0.1) is 0 Å². The van der Waals surface area contributed by atoms with Crippen molar-refractivity contribution in [1.29, 1.82) is 0 Å². The van der Waals surface area contributed by atoms with Crippen LogP contribution in [0.3, 0.4) is 0 Å². The van der Waals surface area contributed by atoms with E-state index < -0.39 is 11.7 Å². The zero-order valence-corrected chi connectivity index (χ0v) is 12.1. The maximum atomic E-state index is 12.6. The van der Waals surface area contributed by atoms with Gasteiger partial charge in [-0.2, -0.15) is 13.2 Å². The van der Waals surface area contributed by atoms with Gasteiger partial charge in [-0.15, -0.1) is 0 Å². The van der Waals surface area contributed by atoms with Crippen molar-refractivity contribution in [1.82, 2.24) is 5.32 Å². The highest BCUT2D eigenvalue weighted by Crippen LogP contribution is 2.31. The third kappa shape index (κ3) is 3.67. The molecule has 2 nitrogen and oxygen atoms in total. The Labute approximate surface area is 127 Å². The average molecular weight is 307 g/mol. The number of nitrogens with one attached hydrogen (secondary N) is 1. The molecule has 2 rings (SSSR count). The van der Waals surface area contributed by atoms with E-state index >= 15 is 0 Å². The first kappa shape index (κ1) is 16.1. The molecule has 0 spiro atoms. The molecule has 0 saturated heterocycles. The normalized spacial score (nSPS) is 11.3. The van der Waals surface area contributed by atoms with E-state index in [2.05, 4.69) is 5.32 Å². The number of carbonyl (C=O) groups excluding carboxylic acids is 1. The number of carbonyl (C=O) groups is 1. The third-order valence-corrected chi connectivity index (χ3v) is 3.23. The molecule has 5 heteroatoms. The van der Waals surface area contributed by atoms with Crippen molar-refractivity contribution in [2.24, 2.45) is 0 Å². The van der Waals surface area contributed by atoms with Gasteiger partial charge in [0.1, 0.15) is 0 Å². The number of hydrogen-bond donors (Lipinski definition) is 1. The van der Waals surface area contributed by atoms with E-state index in [1.807, 2.05) is 6.92 Å². The predicted molar refractivity (Wildman–Crippen MR) is 79.5 cm³/mol. The molecule has 2 aromatic rings. The Hall–Kier alpha value is -2.30. The molecule has 2 aromatic carbocycles. The lowest BCUT2D eigenvalue weighted by Crippen LogP contribution is -2.24. The lowest BCUT2D eigenvalue weighted by Gasteiger charge is -2.11. The fourth-order valence-electron chi connectivity index (χ4n) is 2.11. The van der Waals surface area contributed by atoms with Crippen molar-refractivity contribution in [3.63, 3.8) is 0 Å². The van der Waals surface area contributed by atoms with Gasteiger partial charge in [0.15, 0.2) is 0 Å². The number of halogens is 3. The summed E-state index contributed by atoms with van der Waals surface area (Å²) in [5.74, 6) is -0.225. The molecule has 0 heterocycles. The fraction of sp³-hybridized carbons (Fsp3) is 0.235. The topological polar surface area (TPSA) is 29.1 Å². The molecule has 0 aliphatic carbocycles. The minimum Gasteiger partial charge on any atom is -0.352 e. The summed E-state index contributed by atoms with van der Waals surface area (Å²) in [4.78, 5) is 12.1. The van der Waals surface area contributed by atoms with Crippen molar-refractivity contribution < 1.29 is 18.0 Å². The zero-order valence-electron chi connectivity index (χ0n) is 12.1. The lowest BCUT2D eigenvalue weighted by atomic mass is 9.98. The summed E-state index contributed by atoms with van der Waals surface area (Å²) in [6, 6.07) is 11.7. The Morgan fingerprint density at radius 1 is 1.05 bits per heavy atom. The Kier molecular flexibility index (Phi) is 4.85. The molecule has 0 radical (unpaired) electrons. The monoisotopic (exact) mass is 307 g/mol. The molecule has 0 bridgehead atoms. The Morgan fingerprint density at radius 2 is 1.68 bits per heavy atom. The first-order valence-corrected chi connectivity index (χ1v) is 6.98. The molecule has 0 atom stereocenters. The molecule has 0 aromatic heterocycles. The standard InChI is InChI=1S/C17H16F3NO/c1-2-11-21-16(22)15-6-4-3-5-14(15)12-7-9-13(10-8-12)17(18,19)20/h3-10H,2,11H2,1H3,(H,21,22). The molecule has 0 aliphatic heterocycles. The maximum absolute atomic E-state index is 12.6. The van der Waals surface area contributed by atoms with E-state index in [4.69, 9.17) is 0 Å². The van der Waals surface area contributed by atoms with E-state index in [0.29, 0.717) is 23.2 Å². The van der Waals surface area contributed by atoms with E-state index in [1.165, 1.54) is 12.1 Å². The number of rotatable bonds is 4. The van der Waals surface area contributed by atoms with Crippen LogP contribution >= 0.6 is 0 Å². The Bertz CT molecular complexity index is 648. The van der Waals surface area contributed by atoms with Crippen molar-refractivity contribution in [2.75, 3.05) is 6.54 Å². The van der Waals surface area contributed by atoms with Gasteiger partial charge in [-0.3, -0.25) is 4.79 Å². The summed E-state index contributed by atoms with van der Waals surface area (Å²) in [7, 11) is 0. The second-order valence-corrected chi connectivity index (χ2v) is 4.88. The van der Waals surface area contributed by atoms with Gasteiger partial charge in [-0.25, -0.2) is 0 Å². The van der Waals surface area contributed by atoms with Gasteiger partial charge in [0.25, 0.3) is 5.91 Å². The van der Waals surface area contributed by atoms with Crippen LogP contribution in [-0.4, -0.2) is 12.5 Å². The number of benzene rings is 2. The van der Waals surface area contributed by atoms with Gasteiger partial charge in [0.05, 0.1) is 5.56 Å². The Morgan fingerprint density at radius 3 is 2.27 bits per heavy atom. The molecular formula is C17H16F3NO. The molecule has 0 saturated carbocycles. The quantitative estimate of drug-likeness (QED) is 0.884. The van der Waals surface area contributed by atoms with Crippen molar-refractivity contribution in [3.05, 3.63) is 59.7 Å². The van der Waals surface area contributed by atoms with Gasteiger partial charge in [-0.1, -0.05) is 37.3 Å². The number of amides is 1. The SMILES string of the molecule is CCCNC(=O)c1ccccc1-c1ccc(C(F)(F)F)cc1. The molecule has 22 heavy (non-hydrogen) atoms. The molecule has 116 valence electrons. The van der Waals surface area contributed by atoms with Crippen LogP contribution in [0.15, 0.2) is 48.5 Å². The second kappa shape index (κ2) is 6.64. The minimum absolute atomic E-state index is 0.225. The maximum Gasteiger partial charge on any atom is 0.416 e. The summed E-state index contributed by atoms with van der Waals surface area (Å²) in [6.45, 7) is 2.50. The van der Waals surface area contributed by atoms with Gasteiger partial charge in [0, 0.05) is 12.1 Å². The van der Waals surface area contributed by atoms with Crippen molar-refractivity contribution >= 4 is 5.91 Å². The van der Waals surface area contributed by atoms with Crippen LogP contribution in [0.25, 0.3) is 11.1 Å². The molecule has 1 N–H and O–H groups in total. The van der Waals surface area contributed by atoms with Gasteiger partial charge < -0.3 is 5.32 Å². The van der Waals surface area contributed by atoms with Crippen LogP contribution < -0.4 is 5.32 Å². The van der Waals surface area contributed by atoms with Crippen LogP contribution in [0.5, 0.6) is 0 Å². The molecule has 0 aliphatic rings. The summed E-state index contributed by atoms with van der Waals surface area (Å²) in [5, 5.41) is 2.78. The fourth-order valence-corrected chi connectivity index (χ4v) is 2.11. The molecule has 0 fully saturated rings. The van der Waals surface area contributed by atoms with Gasteiger partial charge in [0.2, 0.25) is 0 Å². The van der Waals surface area contributed by atoms with Gasteiger partial charge in [-0.05, 0) is 35.7 Å². The van der Waals surface area contributed by atoms with Crippen LogP contribution in [0.2, 0.25) is 0 Å². The van der Waals surface area contributed by atoms with Crippen LogP contribution in [-0.2, 0) is 6.18 Å². The third-order valence-electron chi connectivity index (χ3n) is 3.23. The largest absolute Gasteiger partial charge is 0.416 e. The van der Waals surface area contributed by atoms with Crippen LogP contribution in [0.4, 0.5) is 13.2 Å². The average Bonchev–Trinajstić information content (AvgIpc) is 2.52. The summed E-state index contributed by atoms with van der Waals surface area (Å²) in [5.41, 5.74) is 0.944. The van der Waals surface area contributed by atoms with E-state index in [0.717, 1.165) is 18.6 Å². The lowest BCUT2D eigenvalue weighted by molar-refractivity contribution is -0.137. The first-order valence-electron chi connectivity index (χ1n) is 6.98. The smallest absolute Gasteiger partial charge is 0.352 e. The molecule has 1 amide bonds. The van der Waals surface area contributed by atoms with E-state index in [-0.39, 0.29) is 5.91 Å². The molecular weight excluding hydrogens is 291 g/mol. The predicted octanol–water partition coefficient (Wildman–Crippen LogP) is 4.51. The van der Waals surface area contributed by atoms with E-state index in [1.54, 1.807) is 24.3 Å². The summed E-state index contributed by atoms with van der Waals surface area (Å²) < 4.78 is 37.8. The second-order valence-electron chi connectivity index (χ2n) is 4.88. The Balaban J connectivity index is 2.35. The van der Waals surface area contributed by atoms with E-state index in [9.17, 15) is 18.0 Å². The van der Waals surface area contributed by atoms with Gasteiger partial charge >= 0.3 is 6.18 Å². The first-order chi connectivity index (χ1) is 10.4. The van der Waals surface area contributed by atoms with Crippen molar-refractivity contribution in [3.8, 4) is 11.1 Å². The van der Waals surface area contributed by atoms with Crippen molar-refractivity contribution in [2.45, 2.75) is 19.5 Å². The number of alkyl halides is 3. The summed E-state index contributed by atoms with van der Waals surface area (Å²) in [6.07, 6.45) is -3.55. The minimum atomic E-state index is -4.36. The highest BCUT2D eigenvalue weighted by Gasteiger charge is 2.30. The highest BCUT2D eigenvalue weighted by molar-refractivity contribution is 6.00. The zero-order chi connectivity index (χ0) is 16.2. The van der Waals surface area contributed by atoms with Crippen LogP contribution in [0.1, 0.15) is 29.3 Å². The number of hydrogen-bond acceptors (Lipinski definition) is 1. The molecule has 0 unspecified atom stereocenters.